The highest BCUT2D eigenvalue weighted by Crippen LogP contribution is 2.48. The molecule has 0 atom stereocenters. The van der Waals surface area contributed by atoms with Gasteiger partial charge in [-0.05, 0) is 77.5 Å². The second kappa shape index (κ2) is 11.2. The zero-order valence-electron chi connectivity index (χ0n) is 36.5. The molecule has 0 spiro atoms. The van der Waals surface area contributed by atoms with E-state index in [1.54, 1.807) is 6.07 Å². The Labute approximate surface area is 321 Å². The SMILES string of the molecule is [2H]c1c([2H])c([2H])c2c(-c3cccc4c3oc3cc5oc6ccccc6c5cc34)c3c([2H])c([2H])c([2H])c([2H])c3c(-c3cccc4c3ccc3c(-c5ccccc5)cccc34)c2c1[2H]. The van der Waals surface area contributed by atoms with E-state index in [1.807, 2.05) is 97.1 Å². The summed E-state index contributed by atoms with van der Waals surface area (Å²) in [4.78, 5) is 0. The molecule has 0 aliphatic heterocycles. The van der Waals surface area contributed by atoms with Gasteiger partial charge in [0.25, 0.3) is 0 Å². The fraction of sp³-hybridized carbons (Fsp3) is 0. The van der Waals surface area contributed by atoms with Crippen LogP contribution in [0.25, 0.3) is 120 Å². The van der Waals surface area contributed by atoms with Gasteiger partial charge in [0.2, 0.25) is 0 Å². The van der Waals surface area contributed by atoms with Crippen LogP contribution >= 0.6 is 0 Å². The summed E-state index contributed by atoms with van der Waals surface area (Å²) < 4.78 is 87.3. The Kier molecular flexibility index (Phi) is 4.70. The van der Waals surface area contributed by atoms with Gasteiger partial charge in [0.05, 0.1) is 11.0 Å². The average Bonchev–Trinajstić information content (AvgIpc) is 3.86. The molecule has 12 aromatic rings. The van der Waals surface area contributed by atoms with E-state index < -0.39 is 24.2 Å². The van der Waals surface area contributed by atoms with Crippen molar-refractivity contribution in [3.05, 3.63) is 182 Å². The van der Waals surface area contributed by atoms with Gasteiger partial charge < -0.3 is 8.83 Å². The molecule has 2 heteroatoms. The van der Waals surface area contributed by atoms with E-state index in [0.717, 1.165) is 59.8 Å². The van der Waals surface area contributed by atoms with Crippen LogP contribution in [0.4, 0.5) is 0 Å². The third kappa shape index (κ3) is 4.11. The molecule has 0 amide bonds. The first-order chi connectivity index (χ1) is 30.1. The fourth-order valence-electron chi connectivity index (χ4n) is 8.59. The van der Waals surface area contributed by atoms with Crippen molar-refractivity contribution in [2.45, 2.75) is 0 Å². The molecule has 54 heavy (non-hydrogen) atoms. The lowest BCUT2D eigenvalue weighted by Gasteiger charge is -2.19. The van der Waals surface area contributed by atoms with Gasteiger partial charge in [-0.15, -0.1) is 0 Å². The third-order valence-corrected chi connectivity index (χ3v) is 10.9. The van der Waals surface area contributed by atoms with Gasteiger partial charge in [0.1, 0.15) is 22.3 Å². The van der Waals surface area contributed by atoms with Crippen molar-refractivity contribution in [3.8, 4) is 33.4 Å². The lowest BCUT2D eigenvalue weighted by atomic mass is 9.84. The van der Waals surface area contributed by atoms with E-state index in [2.05, 4.69) is 30.3 Å². The van der Waals surface area contributed by atoms with Crippen molar-refractivity contribution in [2.75, 3.05) is 0 Å². The maximum atomic E-state index is 9.60. The predicted octanol–water partition coefficient (Wildman–Crippen LogP) is 15.1. The van der Waals surface area contributed by atoms with Crippen molar-refractivity contribution in [3.63, 3.8) is 0 Å². The molecule has 0 aliphatic carbocycles. The molecule has 2 aromatic heterocycles. The van der Waals surface area contributed by atoms with Gasteiger partial charge in [-0.25, -0.2) is 0 Å². The Hall–Kier alpha value is -7.16. The Morgan fingerprint density at radius 1 is 0.315 bits per heavy atom. The Balaban J connectivity index is 1.25. The second-order valence-electron chi connectivity index (χ2n) is 13.7. The lowest BCUT2D eigenvalue weighted by molar-refractivity contribution is 0.656. The highest BCUT2D eigenvalue weighted by Gasteiger charge is 2.22. The number of para-hydroxylation sites is 2. The van der Waals surface area contributed by atoms with Gasteiger partial charge in [-0.1, -0.05) is 164 Å². The van der Waals surface area contributed by atoms with Crippen LogP contribution in [0.3, 0.4) is 0 Å². The zero-order chi connectivity index (χ0) is 42.3. The van der Waals surface area contributed by atoms with Crippen LogP contribution in [0.2, 0.25) is 0 Å². The molecule has 2 nitrogen and oxygen atoms in total. The van der Waals surface area contributed by atoms with Crippen LogP contribution in [0, 0.1) is 0 Å². The molecule has 10 aromatic carbocycles. The monoisotopic (exact) mass is 694 g/mol. The molecule has 0 N–H and O–H groups in total. The summed E-state index contributed by atoms with van der Waals surface area (Å²) >= 11 is 0. The molecular formula is C52H30O2. The van der Waals surface area contributed by atoms with Crippen molar-refractivity contribution in [1.82, 2.24) is 0 Å². The molecule has 2 heterocycles. The number of hydrogen-bond donors (Lipinski definition) is 0. The Bertz CT molecular complexity index is 3880. The summed E-state index contributed by atoms with van der Waals surface area (Å²) in [7, 11) is 0. The molecule has 250 valence electrons. The minimum absolute atomic E-state index is 0.125. The van der Waals surface area contributed by atoms with E-state index in [1.165, 1.54) is 0 Å². The molecule has 0 unspecified atom stereocenters. The second-order valence-corrected chi connectivity index (χ2v) is 13.7. The molecule has 0 radical (unpaired) electrons. The largest absolute Gasteiger partial charge is 0.456 e. The van der Waals surface area contributed by atoms with Gasteiger partial charge in [-0.3, -0.25) is 0 Å². The highest BCUT2D eigenvalue weighted by molar-refractivity contribution is 6.27. The Morgan fingerprint density at radius 2 is 0.833 bits per heavy atom. The van der Waals surface area contributed by atoms with Gasteiger partial charge >= 0.3 is 0 Å². The quantitative estimate of drug-likeness (QED) is 0.136. The number of rotatable bonds is 3. The van der Waals surface area contributed by atoms with Crippen LogP contribution in [0.15, 0.2) is 191 Å². The van der Waals surface area contributed by atoms with Gasteiger partial charge in [0.15, 0.2) is 0 Å². The first-order valence-electron chi connectivity index (χ1n) is 21.9. The Morgan fingerprint density at radius 3 is 1.54 bits per heavy atom. The van der Waals surface area contributed by atoms with E-state index >= 15 is 0 Å². The summed E-state index contributed by atoms with van der Waals surface area (Å²) in [6.07, 6.45) is 0. The number of hydrogen-bond acceptors (Lipinski definition) is 2. The minimum Gasteiger partial charge on any atom is -0.456 e. The summed E-state index contributed by atoms with van der Waals surface area (Å²) in [5, 5.41) is 7.57. The summed E-state index contributed by atoms with van der Waals surface area (Å²) in [6.45, 7) is 0. The molecule has 0 saturated carbocycles. The van der Waals surface area contributed by atoms with Crippen molar-refractivity contribution in [1.29, 1.82) is 0 Å². The molecule has 0 fully saturated rings. The molecule has 0 aliphatic rings. The first-order valence-corrected chi connectivity index (χ1v) is 17.9. The summed E-state index contributed by atoms with van der Waals surface area (Å²) in [6, 6.07) is 40.2. The topological polar surface area (TPSA) is 26.3 Å². The first kappa shape index (κ1) is 22.7. The molecular weight excluding hydrogens is 657 g/mol. The number of fused-ring (bicyclic) bond motifs is 11. The minimum atomic E-state index is -0.462. The van der Waals surface area contributed by atoms with Crippen molar-refractivity contribution >= 4 is 87.0 Å². The van der Waals surface area contributed by atoms with Crippen LogP contribution in [0.5, 0.6) is 0 Å². The highest BCUT2D eigenvalue weighted by atomic mass is 16.3. The standard InChI is InChI=1S/C52H30O2/c1-2-13-31(14-3-1)32-20-10-21-33-34-22-11-23-38(36(34)28-27-35(32)33)50-39-16-4-6-18-41(39)51(42-19-7-5-17-40(42)50)44-25-12-24-43-46-29-45-37-15-8-9-26-47(37)53-48(45)30-49(46)54-52(43)44/h1-30H/i4D,5D,6D,7D,16D,17D,18D,19D. The van der Waals surface area contributed by atoms with Crippen LogP contribution in [-0.2, 0) is 0 Å². The van der Waals surface area contributed by atoms with Crippen LogP contribution in [-0.4, -0.2) is 0 Å². The summed E-state index contributed by atoms with van der Waals surface area (Å²) in [5.41, 5.74) is 5.97. The number of benzene rings is 10. The average molecular weight is 695 g/mol. The van der Waals surface area contributed by atoms with Crippen LogP contribution < -0.4 is 0 Å². The summed E-state index contributed by atoms with van der Waals surface area (Å²) in [5.74, 6) is 0. The van der Waals surface area contributed by atoms with Crippen molar-refractivity contribution < 1.29 is 19.8 Å². The fourth-order valence-corrected chi connectivity index (χ4v) is 8.59. The lowest BCUT2D eigenvalue weighted by Crippen LogP contribution is -1.92. The normalized spacial score (nSPS) is 14.1. The molecule has 0 bridgehead atoms. The van der Waals surface area contributed by atoms with E-state index in [-0.39, 0.29) is 51.3 Å². The van der Waals surface area contributed by atoms with E-state index in [0.29, 0.717) is 33.4 Å². The van der Waals surface area contributed by atoms with Crippen LogP contribution in [0.1, 0.15) is 11.0 Å². The maximum Gasteiger partial charge on any atom is 0.143 e. The van der Waals surface area contributed by atoms with Gasteiger partial charge in [-0.2, -0.15) is 0 Å². The van der Waals surface area contributed by atoms with E-state index in [4.69, 9.17) is 14.3 Å². The predicted molar refractivity (Wildman–Crippen MR) is 227 cm³/mol. The smallest absolute Gasteiger partial charge is 0.143 e. The number of furan rings is 2. The zero-order valence-corrected chi connectivity index (χ0v) is 28.5. The van der Waals surface area contributed by atoms with E-state index in [9.17, 15) is 5.48 Å². The maximum absolute atomic E-state index is 9.60. The van der Waals surface area contributed by atoms with Gasteiger partial charge in [0, 0.05) is 38.7 Å². The van der Waals surface area contributed by atoms with Crippen molar-refractivity contribution in [2.24, 2.45) is 0 Å². The molecule has 0 saturated heterocycles. The third-order valence-electron chi connectivity index (χ3n) is 10.9. The molecule has 12 rings (SSSR count).